The molecule has 10 aromatic rings. The van der Waals surface area contributed by atoms with Crippen LogP contribution in [-0.2, 0) is 10.8 Å². The van der Waals surface area contributed by atoms with Crippen molar-refractivity contribution in [2.75, 3.05) is 9.80 Å². The van der Waals surface area contributed by atoms with Gasteiger partial charge in [0.05, 0.1) is 22.4 Å². The van der Waals surface area contributed by atoms with E-state index in [0.29, 0.717) is 0 Å². The molecular weight excluding hydrogens is 825 g/mol. The van der Waals surface area contributed by atoms with E-state index in [1.165, 1.54) is 33.4 Å². The lowest BCUT2D eigenvalue weighted by Crippen LogP contribution is -2.13. The largest absolute Gasteiger partial charge is 0.311 e. The molecule has 0 aliphatic rings. The van der Waals surface area contributed by atoms with E-state index in [-0.39, 0.29) is 10.8 Å². The first-order valence-electron chi connectivity index (χ1n) is 23.6. The van der Waals surface area contributed by atoms with Crippen LogP contribution in [0.25, 0.3) is 55.8 Å². The maximum absolute atomic E-state index is 5.31. The first kappa shape index (κ1) is 43.8. The van der Waals surface area contributed by atoms with E-state index in [9.17, 15) is 0 Å². The van der Waals surface area contributed by atoms with Crippen molar-refractivity contribution in [1.29, 1.82) is 0 Å². The number of nitrogens with zero attached hydrogens (tertiary/aromatic N) is 4. The van der Waals surface area contributed by atoms with Gasteiger partial charge in [0.2, 0.25) is 0 Å². The van der Waals surface area contributed by atoms with Crippen LogP contribution in [0.2, 0.25) is 0 Å². The average Bonchev–Trinajstić information content (AvgIpc) is 3.37. The highest BCUT2D eigenvalue weighted by atomic mass is 15.1. The van der Waals surface area contributed by atoms with Crippen LogP contribution in [0.3, 0.4) is 0 Å². The van der Waals surface area contributed by atoms with Gasteiger partial charge in [-0.15, -0.1) is 0 Å². The summed E-state index contributed by atoms with van der Waals surface area (Å²) in [6.07, 6.45) is 0. The summed E-state index contributed by atoms with van der Waals surface area (Å²) in [6.45, 7) is 13.5. The van der Waals surface area contributed by atoms with Crippen molar-refractivity contribution in [2.45, 2.75) is 52.4 Å². The first-order chi connectivity index (χ1) is 33.0. The van der Waals surface area contributed by atoms with Gasteiger partial charge in [0.25, 0.3) is 0 Å². The molecule has 0 N–H and O–H groups in total. The summed E-state index contributed by atoms with van der Waals surface area (Å²) in [7, 11) is 0. The molecule has 0 amide bonds. The summed E-state index contributed by atoms with van der Waals surface area (Å²) in [6, 6.07) is 82.4. The third-order valence-electron chi connectivity index (χ3n) is 12.8. The molecule has 0 unspecified atom stereocenters. The molecule has 68 heavy (non-hydrogen) atoms. The minimum absolute atomic E-state index is 0.0497. The van der Waals surface area contributed by atoms with E-state index in [1.54, 1.807) is 0 Å². The van der Waals surface area contributed by atoms with Gasteiger partial charge >= 0.3 is 0 Å². The number of hydrogen-bond donors (Lipinski definition) is 0. The molecule has 332 valence electrons. The van der Waals surface area contributed by atoms with E-state index < -0.39 is 0 Å². The molecule has 4 heteroatoms. The monoisotopic (exact) mass is 880 g/mol. The number of para-hydroxylation sites is 2. The van der Waals surface area contributed by atoms with Gasteiger partial charge in [0.1, 0.15) is 0 Å². The Morgan fingerprint density at radius 2 is 0.485 bits per heavy atom. The third-order valence-corrected chi connectivity index (χ3v) is 12.8. The Balaban J connectivity index is 1.02. The van der Waals surface area contributed by atoms with Gasteiger partial charge in [0, 0.05) is 45.3 Å². The summed E-state index contributed by atoms with van der Waals surface area (Å²) < 4.78 is 0. The predicted molar refractivity (Wildman–Crippen MR) is 288 cm³/mol. The summed E-state index contributed by atoms with van der Waals surface area (Å²) in [5.41, 5.74) is 19.3. The third kappa shape index (κ3) is 9.19. The molecule has 10 rings (SSSR count). The number of anilines is 6. The summed E-state index contributed by atoms with van der Waals surface area (Å²) >= 11 is 0. The molecule has 0 aliphatic heterocycles. The van der Waals surface area contributed by atoms with Crippen molar-refractivity contribution < 1.29 is 0 Å². The normalized spacial score (nSPS) is 11.7. The molecule has 0 aliphatic carbocycles. The quantitative estimate of drug-likeness (QED) is 0.137. The lowest BCUT2D eigenvalue weighted by Gasteiger charge is -2.27. The minimum atomic E-state index is 0.0497. The fourth-order valence-electron chi connectivity index (χ4n) is 8.92. The van der Waals surface area contributed by atoms with Gasteiger partial charge < -0.3 is 9.80 Å². The summed E-state index contributed by atoms with van der Waals surface area (Å²) in [5.74, 6) is 0. The van der Waals surface area contributed by atoms with Crippen molar-refractivity contribution in [3.8, 4) is 44.8 Å². The zero-order valence-corrected chi connectivity index (χ0v) is 39.7. The molecule has 0 radical (unpaired) electrons. The average molecular weight is 881 g/mol. The first-order valence-corrected chi connectivity index (χ1v) is 23.6. The maximum Gasteiger partial charge on any atom is 0.0973 e. The molecule has 0 fully saturated rings. The molecule has 9 aromatic carbocycles. The standard InChI is InChI=1S/C64H56N4/c1-63(2,3)51-29-41-57(42-30-51)67(53-33-21-47(22-34-53)45-15-9-7-10-16-45)55-37-25-49(26-38-55)61-62(66-60-20-14-13-19-59(60)65-61)50-27-39-56(40-28-50)68(58-43-31-52(32-44-58)64(4,5)6)54-35-23-48(24-36-54)46-17-11-8-12-18-46/h7-44H,1-6H3. The highest BCUT2D eigenvalue weighted by Gasteiger charge is 2.21. The second-order valence-corrected chi connectivity index (χ2v) is 19.6. The SMILES string of the molecule is CC(C)(C)c1ccc(N(c2ccc(-c3ccccc3)cc2)c2ccc(-c3nc4ccccc4nc3-c3ccc(N(c4ccc(-c5ccccc5)cc4)c4ccc(C(C)(C)C)cc4)cc3)cc2)cc1. The van der Waals surface area contributed by atoms with Gasteiger partial charge in [-0.3, -0.25) is 0 Å². The van der Waals surface area contributed by atoms with Crippen LogP contribution in [0.15, 0.2) is 231 Å². The second kappa shape index (κ2) is 18.3. The number of aromatic nitrogens is 2. The predicted octanol–water partition coefficient (Wildman–Crippen LogP) is 17.8. The summed E-state index contributed by atoms with van der Waals surface area (Å²) in [5, 5.41) is 0. The van der Waals surface area contributed by atoms with Gasteiger partial charge in [-0.1, -0.05) is 187 Å². The van der Waals surface area contributed by atoms with E-state index >= 15 is 0 Å². The van der Waals surface area contributed by atoms with Gasteiger partial charge in [0.15, 0.2) is 0 Å². The molecule has 1 aromatic heterocycles. The number of fused-ring (bicyclic) bond motifs is 1. The van der Waals surface area contributed by atoms with Crippen LogP contribution in [0.5, 0.6) is 0 Å². The van der Waals surface area contributed by atoms with Crippen molar-refractivity contribution in [1.82, 2.24) is 9.97 Å². The van der Waals surface area contributed by atoms with E-state index in [4.69, 9.17) is 9.97 Å². The van der Waals surface area contributed by atoms with Crippen LogP contribution in [0.4, 0.5) is 34.1 Å². The Labute approximate surface area is 401 Å². The van der Waals surface area contributed by atoms with Crippen LogP contribution >= 0.6 is 0 Å². The molecule has 0 bridgehead atoms. The van der Waals surface area contributed by atoms with Gasteiger partial charge in [-0.05, 0) is 129 Å². The number of rotatable bonds is 10. The summed E-state index contributed by atoms with van der Waals surface area (Å²) in [4.78, 5) is 15.3. The topological polar surface area (TPSA) is 32.3 Å². The number of benzene rings is 9. The highest BCUT2D eigenvalue weighted by molar-refractivity contribution is 5.88. The van der Waals surface area contributed by atoms with Crippen LogP contribution in [0.1, 0.15) is 52.7 Å². The Morgan fingerprint density at radius 3 is 0.765 bits per heavy atom. The molecule has 0 saturated carbocycles. The molecule has 4 nitrogen and oxygen atoms in total. The second-order valence-electron chi connectivity index (χ2n) is 19.6. The molecule has 0 spiro atoms. The highest BCUT2D eigenvalue weighted by Crippen LogP contribution is 2.41. The lowest BCUT2D eigenvalue weighted by atomic mass is 9.87. The van der Waals surface area contributed by atoms with Crippen molar-refractivity contribution >= 4 is 45.2 Å². The minimum Gasteiger partial charge on any atom is -0.311 e. The Kier molecular flexibility index (Phi) is 11.8. The fraction of sp³-hybridized carbons (Fsp3) is 0.125. The zero-order chi connectivity index (χ0) is 46.8. The Morgan fingerprint density at radius 1 is 0.250 bits per heavy atom. The van der Waals surface area contributed by atoms with Crippen molar-refractivity contribution in [3.05, 3.63) is 242 Å². The molecular formula is C64H56N4. The van der Waals surface area contributed by atoms with Crippen LogP contribution in [0, 0.1) is 0 Å². The Bertz CT molecular complexity index is 3050. The van der Waals surface area contributed by atoms with Crippen LogP contribution in [-0.4, -0.2) is 9.97 Å². The van der Waals surface area contributed by atoms with Gasteiger partial charge in [-0.25, -0.2) is 9.97 Å². The molecule has 1 heterocycles. The van der Waals surface area contributed by atoms with Crippen molar-refractivity contribution in [2.24, 2.45) is 0 Å². The number of hydrogen-bond acceptors (Lipinski definition) is 4. The fourth-order valence-corrected chi connectivity index (χ4v) is 8.92. The molecule has 0 atom stereocenters. The maximum atomic E-state index is 5.31. The van der Waals surface area contributed by atoms with Gasteiger partial charge in [-0.2, -0.15) is 0 Å². The van der Waals surface area contributed by atoms with Crippen molar-refractivity contribution in [3.63, 3.8) is 0 Å². The van der Waals surface area contributed by atoms with E-state index in [2.05, 4.69) is 258 Å². The van der Waals surface area contributed by atoms with Crippen LogP contribution < -0.4 is 9.80 Å². The smallest absolute Gasteiger partial charge is 0.0973 e. The Hall–Kier alpha value is -8.08. The lowest BCUT2D eigenvalue weighted by molar-refractivity contribution is 0.590. The zero-order valence-electron chi connectivity index (χ0n) is 39.7. The van der Waals surface area contributed by atoms with E-state index in [1.807, 2.05) is 24.3 Å². The van der Waals surface area contributed by atoms with E-state index in [0.717, 1.165) is 67.7 Å². The molecule has 0 saturated heterocycles.